The number of carbonyl (C=O) groups is 1. The molecular weight excluding hydrogens is 366 g/mol. The van der Waals surface area contributed by atoms with Crippen LogP contribution in [-0.4, -0.2) is 49.7 Å². The molecule has 29 heavy (non-hydrogen) atoms. The van der Waals surface area contributed by atoms with Crippen LogP contribution in [0.3, 0.4) is 0 Å². The number of likely N-dealkylation sites (tertiary alicyclic amines) is 1. The highest BCUT2D eigenvalue weighted by atomic mass is 16.5. The van der Waals surface area contributed by atoms with Crippen LogP contribution in [-0.2, 0) is 7.05 Å². The number of hydrogen-bond acceptors (Lipinski definition) is 5. The van der Waals surface area contributed by atoms with Gasteiger partial charge in [-0.1, -0.05) is 30.3 Å². The summed E-state index contributed by atoms with van der Waals surface area (Å²) in [5.74, 6) is 1.23. The van der Waals surface area contributed by atoms with Gasteiger partial charge in [-0.25, -0.2) is 4.98 Å². The van der Waals surface area contributed by atoms with Gasteiger partial charge in [0.15, 0.2) is 0 Å². The number of aromatic nitrogens is 4. The zero-order chi connectivity index (χ0) is 20.4. The van der Waals surface area contributed by atoms with Crippen molar-refractivity contribution in [2.24, 2.45) is 7.05 Å². The highest BCUT2D eigenvalue weighted by molar-refractivity contribution is 5.93. The van der Waals surface area contributed by atoms with Gasteiger partial charge in [-0.2, -0.15) is 10.1 Å². The van der Waals surface area contributed by atoms with Crippen molar-refractivity contribution in [3.05, 3.63) is 59.7 Å². The number of aryl methyl sites for hydroxylation is 3. The average Bonchev–Trinajstić information content (AvgIpc) is 3.09. The molecule has 0 bridgehead atoms. The molecule has 0 N–H and O–H groups in total. The van der Waals surface area contributed by atoms with Crippen molar-refractivity contribution in [1.29, 1.82) is 0 Å². The van der Waals surface area contributed by atoms with E-state index in [4.69, 9.17) is 4.74 Å². The summed E-state index contributed by atoms with van der Waals surface area (Å²) in [5, 5.41) is 4.52. The summed E-state index contributed by atoms with van der Waals surface area (Å²) < 4.78 is 7.73. The van der Waals surface area contributed by atoms with Crippen LogP contribution in [0.4, 0.5) is 0 Å². The molecule has 3 aromatic rings. The fourth-order valence-corrected chi connectivity index (χ4v) is 3.71. The molecule has 7 heteroatoms. The third-order valence-corrected chi connectivity index (χ3v) is 5.06. The Morgan fingerprint density at radius 3 is 2.69 bits per heavy atom. The van der Waals surface area contributed by atoms with E-state index in [9.17, 15) is 4.79 Å². The van der Waals surface area contributed by atoms with E-state index < -0.39 is 0 Å². The number of benzene rings is 1. The van der Waals surface area contributed by atoms with Crippen LogP contribution in [0.5, 0.6) is 5.88 Å². The molecule has 2 aromatic heterocycles. The Balaban J connectivity index is 1.48. The topological polar surface area (TPSA) is 73.1 Å². The van der Waals surface area contributed by atoms with Crippen molar-refractivity contribution >= 4 is 5.91 Å². The zero-order valence-corrected chi connectivity index (χ0v) is 17.0. The fraction of sp³-hybridized carbons (Fsp3) is 0.364. The third-order valence-electron chi connectivity index (χ3n) is 5.06. The number of ether oxygens (including phenoxy) is 1. The van der Waals surface area contributed by atoms with Crippen LogP contribution in [0.2, 0.25) is 0 Å². The lowest BCUT2D eigenvalue weighted by Crippen LogP contribution is -2.45. The molecule has 0 aliphatic carbocycles. The molecule has 7 nitrogen and oxygen atoms in total. The lowest BCUT2D eigenvalue weighted by molar-refractivity contribution is 0.0517. The summed E-state index contributed by atoms with van der Waals surface area (Å²) in [7, 11) is 1.81. The molecular formula is C22H25N5O2. The fourth-order valence-electron chi connectivity index (χ4n) is 3.71. The van der Waals surface area contributed by atoms with E-state index in [1.807, 2.05) is 68.3 Å². The Kier molecular flexibility index (Phi) is 5.29. The lowest BCUT2D eigenvalue weighted by atomic mass is 10.1. The molecule has 1 unspecified atom stereocenters. The van der Waals surface area contributed by atoms with Crippen LogP contribution < -0.4 is 4.74 Å². The van der Waals surface area contributed by atoms with Crippen molar-refractivity contribution in [3.63, 3.8) is 0 Å². The van der Waals surface area contributed by atoms with Gasteiger partial charge in [-0.15, -0.1) is 0 Å². The second-order valence-corrected chi connectivity index (χ2v) is 7.43. The van der Waals surface area contributed by atoms with Crippen LogP contribution >= 0.6 is 0 Å². The van der Waals surface area contributed by atoms with Crippen molar-refractivity contribution in [2.45, 2.75) is 32.8 Å². The van der Waals surface area contributed by atoms with Gasteiger partial charge in [0, 0.05) is 30.9 Å². The van der Waals surface area contributed by atoms with E-state index in [2.05, 4.69) is 15.1 Å². The maximum absolute atomic E-state index is 13.2. The highest BCUT2D eigenvalue weighted by Crippen LogP contribution is 2.22. The van der Waals surface area contributed by atoms with E-state index in [1.165, 1.54) is 0 Å². The van der Waals surface area contributed by atoms with Crippen molar-refractivity contribution in [2.75, 3.05) is 13.1 Å². The summed E-state index contributed by atoms with van der Waals surface area (Å²) >= 11 is 0. The molecule has 1 saturated heterocycles. The normalized spacial score (nSPS) is 16.7. The molecule has 150 valence electrons. The molecule has 1 aliphatic heterocycles. The van der Waals surface area contributed by atoms with Crippen molar-refractivity contribution in [3.8, 4) is 17.1 Å². The van der Waals surface area contributed by atoms with E-state index in [1.54, 1.807) is 4.68 Å². The number of carbonyl (C=O) groups excluding carboxylic acids is 1. The molecule has 1 aliphatic rings. The lowest BCUT2D eigenvalue weighted by Gasteiger charge is -2.32. The van der Waals surface area contributed by atoms with E-state index in [0.29, 0.717) is 30.5 Å². The van der Waals surface area contributed by atoms with Gasteiger partial charge in [0.2, 0.25) is 5.88 Å². The van der Waals surface area contributed by atoms with Gasteiger partial charge in [-0.05, 0) is 32.8 Å². The maximum Gasteiger partial charge on any atom is 0.272 e. The number of rotatable bonds is 4. The first-order chi connectivity index (χ1) is 14.0. The van der Waals surface area contributed by atoms with Gasteiger partial charge in [0.1, 0.15) is 17.6 Å². The molecule has 0 spiro atoms. The minimum Gasteiger partial charge on any atom is -0.472 e. The van der Waals surface area contributed by atoms with Crippen LogP contribution in [0.1, 0.15) is 34.8 Å². The van der Waals surface area contributed by atoms with Gasteiger partial charge in [0.05, 0.1) is 12.2 Å². The summed E-state index contributed by atoms with van der Waals surface area (Å²) in [6.45, 7) is 5.02. The van der Waals surface area contributed by atoms with Crippen LogP contribution in [0, 0.1) is 13.8 Å². The third kappa shape index (κ3) is 4.29. The Morgan fingerprint density at radius 1 is 1.14 bits per heavy atom. The number of piperidine rings is 1. The summed E-state index contributed by atoms with van der Waals surface area (Å²) in [6, 6.07) is 13.6. The first-order valence-corrected chi connectivity index (χ1v) is 9.87. The van der Waals surface area contributed by atoms with Crippen LogP contribution in [0.25, 0.3) is 11.3 Å². The first kappa shape index (κ1) is 19.1. The molecule has 0 saturated carbocycles. The minimum atomic E-state index is -0.0804. The average molecular weight is 391 g/mol. The standard InChI is InChI=1S/C22H25N5O2/c1-15-12-21(24-16(2)23-15)29-18-10-7-11-27(14-18)22(28)20-13-19(25-26(20)3)17-8-5-4-6-9-17/h4-6,8-9,12-13,18H,7,10-11,14H2,1-3H3. The Labute approximate surface area is 170 Å². The predicted molar refractivity (Wildman–Crippen MR) is 110 cm³/mol. The SMILES string of the molecule is Cc1cc(OC2CCCN(C(=O)c3cc(-c4ccccc4)nn3C)C2)nc(C)n1. The van der Waals surface area contributed by atoms with Crippen LogP contribution in [0.15, 0.2) is 42.5 Å². The van der Waals surface area contributed by atoms with E-state index in [-0.39, 0.29) is 12.0 Å². The molecule has 1 fully saturated rings. The quantitative estimate of drug-likeness (QED) is 0.683. The minimum absolute atomic E-state index is 0.0227. The Morgan fingerprint density at radius 2 is 1.93 bits per heavy atom. The molecule has 1 amide bonds. The van der Waals surface area contributed by atoms with Crippen molar-refractivity contribution in [1.82, 2.24) is 24.6 Å². The van der Waals surface area contributed by atoms with Crippen molar-refractivity contribution < 1.29 is 9.53 Å². The van der Waals surface area contributed by atoms with Gasteiger partial charge < -0.3 is 9.64 Å². The number of nitrogens with zero attached hydrogens (tertiary/aromatic N) is 5. The maximum atomic E-state index is 13.2. The smallest absolute Gasteiger partial charge is 0.272 e. The summed E-state index contributed by atoms with van der Waals surface area (Å²) in [6.07, 6.45) is 1.71. The second kappa shape index (κ2) is 8.03. The monoisotopic (exact) mass is 391 g/mol. The molecule has 1 aromatic carbocycles. The molecule has 4 rings (SSSR count). The Bertz CT molecular complexity index is 995. The predicted octanol–water partition coefficient (Wildman–Crippen LogP) is 3.18. The summed E-state index contributed by atoms with van der Waals surface area (Å²) in [4.78, 5) is 23.6. The van der Waals surface area contributed by atoms with Gasteiger partial charge in [0.25, 0.3) is 5.91 Å². The Hall–Kier alpha value is -3.22. The number of amides is 1. The summed E-state index contributed by atoms with van der Waals surface area (Å²) in [5.41, 5.74) is 3.25. The molecule has 1 atom stereocenters. The van der Waals surface area contributed by atoms with E-state index in [0.717, 1.165) is 29.8 Å². The molecule has 0 radical (unpaired) electrons. The van der Waals surface area contributed by atoms with Gasteiger partial charge in [-0.3, -0.25) is 9.48 Å². The highest BCUT2D eigenvalue weighted by Gasteiger charge is 2.28. The number of hydrogen-bond donors (Lipinski definition) is 0. The first-order valence-electron chi connectivity index (χ1n) is 9.87. The van der Waals surface area contributed by atoms with E-state index >= 15 is 0 Å². The zero-order valence-electron chi connectivity index (χ0n) is 17.0. The second-order valence-electron chi connectivity index (χ2n) is 7.43. The van der Waals surface area contributed by atoms with Gasteiger partial charge >= 0.3 is 0 Å². The largest absolute Gasteiger partial charge is 0.472 e. The molecule has 3 heterocycles.